The zero-order valence-corrected chi connectivity index (χ0v) is 13.2. The van der Waals surface area contributed by atoms with E-state index in [-0.39, 0.29) is 12.0 Å². The highest BCUT2D eigenvalue weighted by Gasteiger charge is 2.28. The van der Waals surface area contributed by atoms with Gasteiger partial charge in [0.1, 0.15) is 6.04 Å². The molecule has 1 N–H and O–H groups in total. The number of esters is 1. The summed E-state index contributed by atoms with van der Waals surface area (Å²) in [5, 5.41) is 3.42. The molecule has 0 spiro atoms. The Hall–Kier alpha value is -0.870. The van der Waals surface area contributed by atoms with Gasteiger partial charge in [-0.05, 0) is 45.2 Å². The lowest BCUT2D eigenvalue weighted by molar-refractivity contribution is -0.147. The fraction of sp³-hybridized carbons (Fsp3) is 0.812. The Labute approximate surface area is 123 Å². The Morgan fingerprint density at radius 3 is 2.65 bits per heavy atom. The number of nitrogens with one attached hydrogen (secondary N) is 1. The molecule has 4 heteroatoms. The molecule has 2 unspecified atom stereocenters. The summed E-state index contributed by atoms with van der Waals surface area (Å²) >= 11 is 0. The van der Waals surface area contributed by atoms with Crippen LogP contribution in [0.5, 0.6) is 0 Å². The molecule has 0 aromatic carbocycles. The molecule has 0 bridgehead atoms. The van der Waals surface area contributed by atoms with Gasteiger partial charge >= 0.3 is 5.97 Å². The third-order valence-corrected chi connectivity index (χ3v) is 4.01. The molecule has 1 aliphatic carbocycles. The molecule has 116 valence electrons. The van der Waals surface area contributed by atoms with Gasteiger partial charge < -0.3 is 15.0 Å². The van der Waals surface area contributed by atoms with Crippen LogP contribution in [0, 0.1) is 5.92 Å². The highest BCUT2D eigenvalue weighted by Crippen LogP contribution is 2.22. The fourth-order valence-electron chi connectivity index (χ4n) is 2.71. The number of allylic oxidation sites excluding steroid dienone is 2. The van der Waals surface area contributed by atoms with Crippen molar-refractivity contribution in [1.82, 2.24) is 10.2 Å². The van der Waals surface area contributed by atoms with Gasteiger partial charge in [0.05, 0.1) is 6.61 Å². The number of hydrogen-bond donors (Lipinski definition) is 1. The summed E-state index contributed by atoms with van der Waals surface area (Å²) in [7, 11) is 0. The van der Waals surface area contributed by atoms with Crippen molar-refractivity contribution in [2.24, 2.45) is 5.92 Å². The zero-order valence-electron chi connectivity index (χ0n) is 13.2. The summed E-state index contributed by atoms with van der Waals surface area (Å²) in [5.74, 6) is 0.281. The molecule has 1 rings (SSSR count). The van der Waals surface area contributed by atoms with Gasteiger partial charge in [-0.3, -0.25) is 4.79 Å². The predicted octanol–water partition coefficient (Wildman–Crippen LogP) is 2.21. The van der Waals surface area contributed by atoms with E-state index in [1.807, 2.05) is 6.92 Å². The van der Waals surface area contributed by atoms with Crippen molar-refractivity contribution in [3.8, 4) is 0 Å². The van der Waals surface area contributed by atoms with E-state index in [2.05, 4.69) is 36.2 Å². The number of hydrogen-bond acceptors (Lipinski definition) is 4. The Morgan fingerprint density at radius 1 is 1.35 bits per heavy atom. The Kier molecular flexibility index (Phi) is 8.54. The van der Waals surface area contributed by atoms with E-state index in [0.717, 1.165) is 45.4 Å². The summed E-state index contributed by atoms with van der Waals surface area (Å²) in [6.07, 6.45) is 7.50. The molecule has 4 nitrogen and oxygen atoms in total. The predicted molar refractivity (Wildman–Crippen MR) is 82.7 cm³/mol. The van der Waals surface area contributed by atoms with Gasteiger partial charge in [-0.25, -0.2) is 0 Å². The van der Waals surface area contributed by atoms with E-state index < -0.39 is 0 Å². The van der Waals surface area contributed by atoms with Crippen molar-refractivity contribution in [2.75, 3.05) is 32.8 Å². The highest BCUT2D eigenvalue weighted by molar-refractivity contribution is 5.76. The van der Waals surface area contributed by atoms with Crippen LogP contribution in [0.3, 0.4) is 0 Å². The van der Waals surface area contributed by atoms with Crippen LogP contribution in [0.2, 0.25) is 0 Å². The number of rotatable bonds is 9. The van der Waals surface area contributed by atoms with Crippen molar-refractivity contribution in [2.45, 2.75) is 46.1 Å². The van der Waals surface area contributed by atoms with Crippen LogP contribution in [0.4, 0.5) is 0 Å². The molecule has 0 amide bonds. The molecule has 0 radical (unpaired) electrons. The topological polar surface area (TPSA) is 41.6 Å². The maximum absolute atomic E-state index is 12.1. The number of carbonyl (C=O) groups excluding carboxylic acids is 1. The number of carbonyl (C=O) groups is 1. The normalized spacial score (nSPS) is 20.1. The first kappa shape index (κ1) is 17.2. The van der Waals surface area contributed by atoms with E-state index in [1.165, 1.54) is 0 Å². The minimum atomic E-state index is -0.157. The van der Waals surface area contributed by atoms with Crippen LogP contribution in [0.15, 0.2) is 12.2 Å². The average molecular weight is 282 g/mol. The zero-order chi connectivity index (χ0) is 14.8. The lowest BCUT2D eigenvalue weighted by Gasteiger charge is -2.28. The molecule has 2 atom stereocenters. The van der Waals surface area contributed by atoms with E-state index in [0.29, 0.717) is 12.5 Å². The first-order valence-corrected chi connectivity index (χ1v) is 8.00. The first-order chi connectivity index (χ1) is 9.72. The second kappa shape index (κ2) is 9.94. The van der Waals surface area contributed by atoms with Gasteiger partial charge in [-0.15, -0.1) is 0 Å². The summed E-state index contributed by atoms with van der Waals surface area (Å²) < 4.78 is 5.23. The highest BCUT2D eigenvalue weighted by atomic mass is 16.5. The van der Waals surface area contributed by atoms with Gasteiger partial charge in [0.15, 0.2) is 0 Å². The van der Waals surface area contributed by atoms with Crippen molar-refractivity contribution in [1.29, 1.82) is 0 Å². The largest absolute Gasteiger partial charge is 0.465 e. The Balaban J connectivity index is 2.49. The van der Waals surface area contributed by atoms with Crippen LogP contribution in [0.1, 0.15) is 40.0 Å². The summed E-state index contributed by atoms with van der Waals surface area (Å²) in [4.78, 5) is 14.5. The monoisotopic (exact) mass is 282 g/mol. The third-order valence-electron chi connectivity index (χ3n) is 4.01. The second-order valence-electron chi connectivity index (χ2n) is 5.26. The van der Waals surface area contributed by atoms with Gasteiger partial charge in [0.25, 0.3) is 0 Å². The van der Waals surface area contributed by atoms with Crippen molar-refractivity contribution in [3.05, 3.63) is 12.2 Å². The lowest BCUT2D eigenvalue weighted by atomic mass is 9.87. The van der Waals surface area contributed by atoms with Gasteiger partial charge in [-0.1, -0.05) is 26.0 Å². The van der Waals surface area contributed by atoms with Crippen molar-refractivity contribution >= 4 is 5.97 Å². The Morgan fingerprint density at radius 2 is 2.10 bits per heavy atom. The van der Waals surface area contributed by atoms with Crippen molar-refractivity contribution in [3.63, 3.8) is 0 Å². The molecule has 0 saturated carbocycles. The summed E-state index contributed by atoms with van der Waals surface area (Å²) in [6, 6.07) is -0.157. The van der Waals surface area contributed by atoms with Crippen LogP contribution in [0.25, 0.3) is 0 Å². The van der Waals surface area contributed by atoms with Crippen LogP contribution >= 0.6 is 0 Å². The number of ether oxygens (including phenoxy) is 1. The first-order valence-electron chi connectivity index (χ1n) is 8.00. The average Bonchev–Trinajstić information content (AvgIpc) is 2.48. The molecule has 1 aliphatic rings. The van der Waals surface area contributed by atoms with E-state index in [4.69, 9.17) is 4.74 Å². The summed E-state index contributed by atoms with van der Waals surface area (Å²) in [5.41, 5.74) is 0. The quantitative estimate of drug-likeness (QED) is 0.520. The third kappa shape index (κ3) is 5.63. The maximum atomic E-state index is 12.1. The summed E-state index contributed by atoms with van der Waals surface area (Å²) in [6.45, 7) is 10.6. The van der Waals surface area contributed by atoms with Crippen molar-refractivity contribution < 1.29 is 9.53 Å². The molecule has 0 aliphatic heterocycles. The van der Waals surface area contributed by atoms with E-state index in [9.17, 15) is 4.79 Å². The number of likely N-dealkylation sites (N-methyl/N-ethyl adjacent to an activating group) is 1. The minimum Gasteiger partial charge on any atom is -0.465 e. The second-order valence-corrected chi connectivity index (χ2v) is 5.26. The van der Waals surface area contributed by atoms with Crippen LogP contribution in [-0.4, -0.2) is 49.7 Å². The van der Waals surface area contributed by atoms with E-state index >= 15 is 0 Å². The number of nitrogens with zero attached hydrogens (tertiary/aromatic N) is 1. The van der Waals surface area contributed by atoms with Crippen LogP contribution < -0.4 is 5.32 Å². The molecule has 0 saturated heterocycles. The molecule has 0 aromatic rings. The van der Waals surface area contributed by atoms with Gasteiger partial charge in [0, 0.05) is 13.1 Å². The lowest BCUT2D eigenvalue weighted by Crippen LogP contribution is -2.47. The van der Waals surface area contributed by atoms with E-state index in [1.54, 1.807) is 0 Å². The molecule has 0 heterocycles. The molecular formula is C16H30N2O2. The fourth-order valence-corrected chi connectivity index (χ4v) is 2.71. The standard InChI is InChI=1S/C16H30N2O2/c1-4-18(5-2)13-12-17-15(16(19)20-6-3)14-10-8-7-9-11-14/h7-8,14-15,17H,4-6,9-13H2,1-3H3. The van der Waals surface area contributed by atoms with Gasteiger partial charge in [0.2, 0.25) is 0 Å². The molecular weight excluding hydrogens is 252 g/mol. The minimum absolute atomic E-state index is 0.0904. The molecule has 0 aromatic heterocycles. The van der Waals surface area contributed by atoms with Gasteiger partial charge in [-0.2, -0.15) is 0 Å². The maximum Gasteiger partial charge on any atom is 0.323 e. The molecule has 0 fully saturated rings. The van der Waals surface area contributed by atoms with Crippen LogP contribution in [-0.2, 0) is 9.53 Å². The molecule has 20 heavy (non-hydrogen) atoms. The Bertz CT molecular complexity index is 301. The smallest absolute Gasteiger partial charge is 0.323 e. The SMILES string of the molecule is CCOC(=O)C(NCCN(CC)CC)C1CC=CCC1.